The van der Waals surface area contributed by atoms with Gasteiger partial charge in [-0.25, -0.2) is 0 Å². The first-order valence-corrected chi connectivity index (χ1v) is 11.6. The number of rotatable bonds is 7. The molecule has 0 radical (unpaired) electrons. The molecule has 1 aromatic heterocycles. The number of hydrogen-bond acceptors (Lipinski definition) is 2. The van der Waals surface area contributed by atoms with E-state index in [1.807, 2.05) is 53.2 Å². The van der Waals surface area contributed by atoms with Crippen molar-refractivity contribution < 1.29 is 18.0 Å². The van der Waals surface area contributed by atoms with E-state index < -0.39 is 17.6 Å². The molecule has 170 valence electrons. The highest BCUT2D eigenvalue weighted by atomic mass is 35.5. The zero-order valence-electron chi connectivity index (χ0n) is 17.4. The SMILES string of the molecule is O=C(NCCn1cc(SCc2ccc(Cl)cc2)c2ccccc21)c1cccc(C(F)(F)F)c1. The van der Waals surface area contributed by atoms with Gasteiger partial charge in [0.1, 0.15) is 0 Å². The summed E-state index contributed by atoms with van der Waals surface area (Å²) < 4.78 is 40.8. The predicted molar refractivity (Wildman–Crippen MR) is 127 cm³/mol. The molecule has 0 fully saturated rings. The van der Waals surface area contributed by atoms with E-state index in [4.69, 9.17) is 11.6 Å². The van der Waals surface area contributed by atoms with E-state index in [0.717, 1.165) is 39.2 Å². The molecule has 4 rings (SSSR count). The fourth-order valence-electron chi connectivity index (χ4n) is 3.48. The minimum atomic E-state index is -4.49. The number of amides is 1. The van der Waals surface area contributed by atoms with Gasteiger partial charge in [-0.2, -0.15) is 13.2 Å². The van der Waals surface area contributed by atoms with Crippen molar-refractivity contribution in [3.63, 3.8) is 0 Å². The van der Waals surface area contributed by atoms with E-state index in [2.05, 4.69) is 11.4 Å². The molecular formula is C25H20ClF3N2OS. The molecular weight excluding hydrogens is 469 g/mol. The molecule has 0 atom stereocenters. The standard InChI is InChI=1S/C25H20ClF3N2OS/c26-20-10-8-17(9-11-20)16-33-23-15-31(22-7-2-1-6-21(22)23)13-12-30-24(32)18-4-3-5-19(14-18)25(27,28)29/h1-11,14-15H,12-13,16H2,(H,30,32). The Labute approximate surface area is 198 Å². The number of thioether (sulfide) groups is 1. The van der Waals surface area contributed by atoms with Crippen LogP contribution in [0.5, 0.6) is 0 Å². The molecule has 4 aromatic rings. The van der Waals surface area contributed by atoms with Crippen LogP contribution in [0, 0.1) is 0 Å². The molecule has 33 heavy (non-hydrogen) atoms. The van der Waals surface area contributed by atoms with E-state index in [0.29, 0.717) is 11.6 Å². The van der Waals surface area contributed by atoms with Gasteiger partial charge < -0.3 is 9.88 Å². The van der Waals surface area contributed by atoms with Crippen LogP contribution >= 0.6 is 23.4 Å². The number of nitrogens with zero attached hydrogens (tertiary/aromatic N) is 1. The van der Waals surface area contributed by atoms with Gasteiger partial charge in [0.2, 0.25) is 0 Å². The average molecular weight is 489 g/mol. The normalized spacial score (nSPS) is 11.6. The monoisotopic (exact) mass is 488 g/mol. The number of nitrogens with one attached hydrogen (secondary N) is 1. The third-order valence-electron chi connectivity index (χ3n) is 5.15. The van der Waals surface area contributed by atoms with Gasteiger partial charge in [-0.05, 0) is 42.0 Å². The van der Waals surface area contributed by atoms with Crippen LogP contribution in [0.25, 0.3) is 10.9 Å². The van der Waals surface area contributed by atoms with Gasteiger partial charge in [-0.1, -0.05) is 48.0 Å². The van der Waals surface area contributed by atoms with E-state index in [-0.39, 0.29) is 12.1 Å². The van der Waals surface area contributed by atoms with Crippen LogP contribution in [0.4, 0.5) is 13.2 Å². The number of aromatic nitrogens is 1. The maximum Gasteiger partial charge on any atom is 0.416 e. The number of alkyl halides is 3. The Morgan fingerprint density at radius 2 is 1.76 bits per heavy atom. The van der Waals surface area contributed by atoms with Crippen molar-refractivity contribution in [1.29, 1.82) is 0 Å². The molecule has 0 saturated carbocycles. The lowest BCUT2D eigenvalue weighted by Crippen LogP contribution is -2.27. The highest BCUT2D eigenvalue weighted by molar-refractivity contribution is 7.98. The first kappa shape index (κ1) is 23.3. The minimum Gasteiger partial charge on any atom is -0.350 e. The summed E-state index contributed by atoms with van der Waals surface area (Å²) in [5, 5.41) is 4.53. The summed E-state index contributed by atoms with van der Waals surface area (Å²) in [4.78, 5) is 13.5. The molecule has 8 heteroatoms. The Hall–Kier alpha value is -2.90. The Kier molecular flexibility index (Phi) is 7.00. The third kappa shape index (κ3) is 5.72. The Morgan fingerprint density at radius 1 is 1.00 bits per heavy atom. The highest BCUT2D eigenvalue weighted by Crippen LogP contribution is 2.32. The van der Waals surface area contributed by atoms with Crippen LogP contribution in [0.1, 0.15) is 21.5 Å². The van der Waals surface area contributed by atoms with Crippen molar-refractivity contribution in [2.75, 3.05) is 6.54 Å². The maximum absolute atomic E-state index is 12.9. The van der Waals surface area contributed by atoms with Gasteiger partial charge >= 0.3 is 6.18 Å². The fraction of sp³-hybridized carbons (Fsp3) is 0.160. The van der Waals surface area contributed by atoms with Gasteiger partial charge in [0.25, 0.3) is 5.91 Å². The number of carbonyl (C=O) groups excluding carboxylic acids is 1. The minimum absolute atomic E-state index is 0.0126. The smallest absolute Gasteiger partial charge is 0.350 e. The topological polar surface area (TPSA) is 34.0 Å². The van der Waals surface area contributed by atoms with Crippen LogP contribution in [-0.4, -0.2) is 17.0 Å². The van der Waals surface area contributed by atoms with Gasteiger partial charge in [0.15, 0.2) is 0 Å². The van der Waals surface area contributed by atoms with Crippen LogP contribution in [0.2, 0.25) is 5.02 Å². The molecule has 1 heterocycles. The molecule has 3 aromatic carbocycles. The fourth-order valence-corrected chi connectivity index (χ4v) is 4.65. The quantitative estimate of drug-likeness (QED) is 0.283. The lowest BCUT2D eigenvalue weighted by Gasteiger charge is -2.10. The maximum atomic E-state index is 12.9. The van der Waals surface area contributed by atoms with Gasteiger partial charge in [-0.15, -0.1) is 11.8 Å². The number of halogens is 4. The summed E-state index contributed by atoms with van der Waals surface area (Å²) in [5.41, 5.74) is 1.34. The van der Waals surface area contributed by atoms with Crippen molar-refractivity contribution in [2.45, 2.75) is 23.4 Å². The second kappa shape index (κ2) is 9.93. The van der Waals surface area contributed by atoms with Crippen molar-refractivity contribution in [2.24, 2.45) is 0 Å². The van der Waals surface area contributed by atoms with E-state index in [1.165, 1.54) is 12.1 Å². The first-order chi connectivity index (χ1) is 15.8. The molecule has 0 aliphatic heterocycles. The van der Waals surface area contributed by atoms with E-state index in [9.17, 15) is 18.0 Å². The number of hydrogen-bond donors (Lipinski definition) is 1. The Morgan fingerprint density at radius 3 is 2.52 bits per heavy atom. The van der Waals surface area contributed by atoms with Gasteiger partial charge in [0.05, 0.1) is 5.56 Å². The Bertz CT molecular complexity index is 1270. The molecule has 1 N–H and O–H groups in total. The largest absolute Gasteiger partial charge is 0.416 e. The molecule has 0 bridgehead atoms. The lowest BCUT2D eigenvalue weighted by atomic mass is 10.1. The number of fused-ring (bicyclic) bond motifs is 1. The van der Waals surface area contributed by atoms with E-state index in [1.54, 1.807) is 11.8 Å². The molecule has 0 spiro atoms. The average Bonchev–Trinajstić information content (AvgIpc) is 3.16. The first-order valence-electron chi connectivity index (χ1n) is 10.2. The summed E-state index contributed by atoms with van der Waals surface area (Å²) in [6, 6.07) is 20.2. The third-order valence-corrected chi connectivity index (χ3v) is 6.52. The summed E-state index contributed by atoms with van der Waals surface area (Å²) in [7, 11) is 0. The summed E-state index contributed by atoms with van der Waals surface area (Å²) >= 11 is 7.67. The number of carbonyl (C=O) groups is 1. The van der Waals surface area contributed by atoms with Crippen molar-refractivity contribution in [3.8, 4) is 0 Å². The molecule has 0 saturated heterocycles. The van der Waals surface area contributed by atoms with Crippen molar-refractivity contribution >= 4 is 40.2 Å². The molecule has 1 amide bonds. The number of para-hydroxylation sites is 1. The molecule has 0 unspecified atom stereocenters. The zero-order valence-corrected chi connectivity index (χ0v) is 19.0. The zero-order chi connectivity index (χ0) is 23.4. The summed E-state index contributed by atoms with van der Waals surface area (Å²) in [6.07, 6.45) is -2.44. The summed E-state index contributed by atoms with van der Waals surface area (Å²) in [6.45, 7) is 0.780. The number of benzene rings is 3. The second-order valence-corrected chi connectivity index (χ2v) is 8.91. The Balaban J connectivity index is 1.42. The highest BCUT2D eigenvalue weighted by Gasteiger charge is 2.30. The predicted octanol–water partition coefficient (Wildman–Crippen LogP) is 7.04. The van der Waals surface area contributed by atoms with Crippen LogP contribution in [-0.2, 0) is 18.5 Å². The summed E-state index contributed by atoms with van der Waals surface area (Å²) in [5.74, 6) is 0.257. The molecule has 3 nitrogen and oxygen atoms in total. The lowest BCUT2D eigenvalue weighted by molar-refractivity contribution is -0.137. The van der Waals surface area contributed by atoms with E-state index >= 15 is 0 Å². The molecule has 0 aliphatic rings. The van der Waals surface area contributed by atoms with Crippen LogP contribution in [0.15, 0.2) is 83.9 Å². The van der Waals surface area contributed by atoms with Crippen molar-refractivity contribution in [3.05, 3.63) is 101 Å². The van der Waals surface area contributed by atoms with Crippen molar-refractivity contribution in [1.82, 2.24) is 9.88 Å². The van der Waals surface area contributed by atoms with Gasteiger partial charge in [-0.3, -0.25) is 4.79 Å². The van der Waals surface area contributed by atoms with Crippen LogP contribution in [0.3, 0.4) is 0 Å². The van der Waals surface area contributed by atoms with Crippen LogP contribution < -0.4 is 5.32 Å². The second-order valence-electron chi connectivity index (χ2n) is 7.45. The molecule has 0 aliphatic carbocycles. The van der Waals surface area contributed by atoms with Gasteiger partial charge in [0, 0.05) is 51.4 Å².